The molecule has 1 aliphatic rings. The van der Waals surface area contributed by atoms with Gasteiger partial charge in [-0.3, -0.25) is 0 Å². The maximum Gasteiger partial charge on any atom is 0.167 e. The second-order valence-electron chi connectivity index (χ2n) is 12.3. The average Bonchev–Trinajstić information content (AvgIpc) is 3.55. The lowest BCUT2D eigenvalue weighted by atomic mass is 9.92. The Labute approximate surface area is 273 Å². The number of hydrogen-bond acceptors (Lipinski definition) is 5. The summed E-state index contributed by atoms with van der Waals surface area (Å²) in [4.78, 5) is 15.5. The van der Waals surface area contributed by atoms with Gasteiger partial charge in [0.1, 0.15) is 22.7 Å². The summed E-state index contributed by atoms with van der Waals surface area (Å²) in [5.41, 5.74) is 4.26. The van der Waals surface area contributed by atoms with Gasteiger partial charge < -0.3 is 9.15 Å². The van der Waals surface area contributed by atoms with Crippen molar-refractivity contribution < 1.29 is 9.15 Å². The van der Waals surface area contributed by atoms with Crippen molar-refractivity contribution in [2.45, 2.75) is 0 Å². The summed E-state index contributed by atoms with van der Waals surface area (Å²) in [6.45, 7) is 0. The Kier molecular flexibility index (Phi) is 5.05. The Bertz CT molecular complexity index is 2980. The molecule has 8 aromatic carbocycles. The molecule has 0 saturated carbocycles. The van der Waals surface area contributed by atoms with E-state index in [0.29, 0.717) is 17.5 Å². The van der Waals surface area contributed by atoms with E-state index in [4.69, 9.17) is 24.1 Å². The van der Waals surface area contributed by atoms with Crippen molar-refractivity contribution in [2.24, 2.45) is 0 Å². The minimum Gasteiger partial charge on any atom is -0.455 e. The SMILES string of the molecule is c1ccc(-c2nc(-c3ccc4ccc5ccc6cccc7c6c5c4c3O7)nc(-c3cc4ccccc4c4oc5ccccc5c34)n2)cc1. The van der Waals surface area contributed by atoms with Crippen LogP contribution in [0.3, 0.4) is 0 Å². The molecular weight excluding hydrogens is 590 g/mol. The van der Waals surface area contributed by atoms with Gasteiger partial charge >= 0.3 is 0 Å². The van der Waals surface area contributed by atoms with Gasteiger partial charge in [0.15, 0.2) is 17.5 Å². The molecule has 0 N–H and O–H groups in total. The Morgan fingerprint density at radius 1 is 0.417 bits per heavy atom. The number of furan rings is 1. The normalized spacial score (nSPS) is 12.3. The minimum absolute atomic E-state index is 0.549. The van der Waals surface area contributed by atoms with Crippen molar-refractivity contribution in [2.75, 3.05) is 0 Å². The summed E-state index contributed by atoms with van der Waals surface area (Å²) >= 11 is 0. The summed E-state index contributed by atoms with van der Waals surface area (Å²) < 4.78 is 13.3. The highest BCUT2D eigenvalue weighted by Crippen LogP contribution is 2.50. The third-order valence-electron chi connectivity index (χ3n) is 9.65. The zero-order valence-electron chi connectivity index (χ0n) is 25.4. The molecule has 0 fully saturated rings. The van der Waals surface area contributed by atoms with Crippen LogP contribution in [0.4, 0.5) is 0 Å². The summed E-state index contributed by atoms with van der Waals surface area (Å²) in [6, 6.07) is 47.9. The van der Waals surface area contributed by atoms with Crippen LogP contribution in [0, 0.1) is 0 Å². The predicted molar refractivity (Wildman–Crippen MR) is 194 cm³/mol. The van der Waals surface area contributed by atoms with E-state index in [-0.39, 0.29) is 0 Å². The Balaban J connectivity index is 1.25. The van der Waals surface area contributed by atoms with E-state index in [1.54, 1.807) is 0 Å². The van der Waals surface area contributed by atoms with Crippen LogP contribution in [0.25, 0.3) is 99.2 Å². The van der Waals surface area contributed by atoms with Crippen LogP contribution in [-0.4, -0.2) is 15.0 Å². The summed E-state index contributed by atoms with van der Waals surface area (Å²) in [7, 11) is 0. The molecule has 5 heteroatoms. The second-order valence-corrected chi connectivity index (χ2v) is 12.3. The molecule has 0 saturated heterocycles. The van der Waals surface area contributed by atoms with Crippen LogP contribution in [0.5, 0.6) is 11.5 Å². The van der Waals surface area contributed by atoms with Gasteiger partial charge in [0, 0.05) is 43.4 Å². The van der Waals surface area contributed by atoms with Gasteiger partial charge in [-0.2, -0.15) is 0 Å². The van der Waals surface area contributed by atoms with Gasteiger partial charge in [0.2, 0.25) is 0 Å². The van der Waals surface area contributed by atoms with Crippen LogP contribution in [0.15, 0.2) is 144 Å². The van der Waals surface area contributed by atoms with E-state index in [2.05, 4.69) is 66.7 Å². The number of benzene rings is 8. The zero-order valence-corrected chi connectivity index (χ0v) is 25.4. The van der Waals surface area contributed by atoms with Gasteiger partial charge in [0.25, 0.3) is 0 Å². The van der Waals surface area contributed by atoms with Crippen LogP contribution < -0.4 is 4.74 Å². The highest BCUT2D eigenvalue weighted by Gasteiger charge is 2.25. The monoisotopic (exact) mass is 613 g/mol. The number of fused-ring (bicyclic) bond motifs is 5. The van der Waals surface area contributed by atoms with Gasteiger partial charge in [-0.25, -0.2) is 15.0 Å². The predicted octanol–water partition coefficient (Wildman–Crippen LogP) is 11.5. The molecule has 11 rings (SSSR count). The highest BCUT2D eigenvalue weighted by atomic mass is 16.5. The third-order valence-corrected chi connectivity index (χ3v) is 9.65. The average molecular weight is 614 g/mol. The standard InChI is InChI=1S/C43H23N3O2/c1-2-9-27(10-3-1)41-44-42(31-22-21-26-20-19-25-18-17-24-12-8-16-34-35(24)36(25)37(26)40(31)48-34)46-43(45-41)32-23-28-11-4-5-13-29(28)39-38(32)30-14-6-7-15-33(30)47-39/h1-23H. The number of rotatable bonds is 3. The first-order chi connectivity index (χ1) is 23.8. The molecule has 10 aromatic rings. The molecule has 0 atom stereocenters. The molecule has 0 radical (unpaired) electrons. The second kappa shape index (κ2) is 9.47. The van der Waals surface area contributed by atoms with Gasteiger partial charge in [-0.15, -0.1) is 0 Å². The molecule has 3 heterocycles. The first-order valence-electron chi connectivity index (χ1n) is 16.0. The lowest BCUT2D eigenvalue weighted by molar-refractivity contribution is 0.494. The Morgan fingerprint density at radius 2 is 1.06 bits per heavy atom. The fraction of sp³-hybridized carbons (Fsp3) is 0. The number of ether oxygens (including phenoxy) is 1. The van der Waals surface area contributed by atoms with E-state index in [1.807, 2.05) is 72.8 Å². The first kappa shape index (κ1) is 25.6. The van der Waals surface area contributed by atoms with Gasteiger partial charge in [0.05, 0.1) is 5.56 Å². The number of hydrogen-bond donors (Lipinski definition) is 0. The molecule has 0 unspecified atom stereocenters. The maximum absolute atomic E-state index is 6.82. The molecule has 0 aliphatic carbocycles. The van der Waals surface area contributed by atoms with E-state index in [9.17, 15) is 0 Å². The van der Waals surface area contributed by atoms with Crippen molar-refractivity contribution in [1.29, 1.82) is 0 Å². The van der Waals surface area contributed by atoms with Crippen molar-refractivity contribution in [3.8, 4) is 45.7 Å². The molecule has 5 nitrogen and oxygen atoms in total. The molecule has 0 spiro atoms. The van der Waals surface area contributed by atoms with Crippen molar-refractivity contribution >= 4 is 65.0 Å². The highest BCUT2D eigenvalue weighted by molar-refractivity contribution is 6.26. The number of nitrogens with zero attached hydrogens (tertiary/aromatic N) is 3. The first-order valence-corrected chi connectivity index (χ1v) is 16.0. The lowest BCUT2D eigenvalue weighted by Crippen LogP contribution is -2.03. The van der Waals surface area contributed by atoms with Gasteiger partial charge in [-0.1, -0.05) is 115 Å². The van der Waals surface area contributed by atoms with Crippen LogP contribution in [-0.2, 0) is 0 Å². The smallest absolute Gasteiger partial charge is 0.167 e. The summed E-state index contributed by atoms with van der Waals surface area (Å²) in [5.74, 6) is 3.31. The topological polar surface area (TPSA) is 61.0 Å². The van der Waals surface area contributed by atoms with Crippen LogP contribution >= 0.6 is 0 Å². The molecule has 0 amide bonds. The molecule has 48 heavy (non-hydrogen) atoms. The van der Waals surface area contributed by atoms with Crippen LogP contribution in [0.2, 0.25) is 0 Å². The van der Waals surface area contributed by atoms with E-state index in [1.165, 1.54) is 10.8 Å². The van der Waals surface area contributed by atoms with E-state index < -0.39 is 0 Å². The summed E-state index contributed by atoms with van der Waals surface area (Å²) in [5, 5.41) is 11.0. The minimum atomic E-state index is 0.549. The molecule has 2 aromatic heterocycles. The fourth-order valence-electron chi connectivity index (χ4n) is 7.49. The Morgan fingerprint density at radius 3 is 1.92 bits per heavy atom. The number of para-hydroxylation sites is 1. The van der Waals surface area contributed by atoms with E-state index in [0.717, 1.165) is 82.4 Å². The lowest BCUT2D eigenvalue weighted by Gasteiger charge is -2.22. The van der Waals surface area contributed by atoms with Crippen molar-refractivity contribution in [3.63, 3.8) is 0 Å². The summed E-state index contributed by atoms with van der Waals surface area (Å²) in [6.07, 6.45) is 0. The molecule has 1 aliphatic heterocycles. The Hall–Kier alpha value is -6.59. The van der Waals surface area contributed by atoms with Crippen molar-refractivity contribution in [3.05, 3.63) is 140 Å². The molecule has 222 valence electrons. The molecule has 0 bridgehead atoms. The quantitative estimate of drug-likeness (QED) is 0.186. The third kappa shape index (κ3) is 3.53. The number of aromatic nitrogens is 3. The zero-order chi connectivity index (χ0) is 31.3. The fourth-order valence-corrected chi connectivity index (χ4v) is 7.49. The largest absolute Gasteiger partial charge is 0.455 e. The van der Waals surface area contributed by atoms with Crippen LogP contribution in [0.1, 0.15) is 0 Å². The maximum atomic E-state index is 6.82. The van der Waals surface area contributed by atoms with Gasteiger partial charge in [-0.05, 0) is 45.8 Å². The molecular formula is C43H23N3O2. The van der Waals surface area contributed by atoms with Crippen molar-refractivity contribution in [1.82, 2.24) is 15.0 Å². The van der Waals surface area contributed by atoms with E-state index >= 15 is 0 Å².